The lowest BCUT2D eigenvalue weighted by Gasteiger charge is -2.18. The molecule has 0 radical (unpaired) electrons. The maximum Gasteiger partial charge on any atom is 0.299 e. The zero-order chi connectivity index (χ0) is 17.6. The van der Waals surface area contributed by atoms with Crippen molar-refractivity contribution in [1.82, 2.24) is 19.5 Å². The van der Waals surface area contributed by atoms with Gasteiger partial charge in [-0.05, 0) is 44.9 Å². The van der Waals surface area contributed by atoms with Crippen LogP contribution in [0.1, 0.15) is 25.2 Å². The topological polar surface area (TPSA) is 85.1 Å². The average Bonchev–Trinajstić information content (AvgIpc) is 3.07. The van der Waals surface area contributed by atoms with Crippen molar-refractivity contribution < 1.29 is 9.84 Å². The summed E-state index contributed by atoms with van der Waals surface area (Å²) in [5.41, 5.74) is 2.51. The third kappa shape index (κ3) is 2.75. The molecule has 0 saturated carbocycles. The summed E-state index contributed by atoms with van der Waals surface area (Å²) in [6.07, 6.45) is 0.820. The number of benzene rings is 1. The highest BCUT2D eigenvalue weighted by atomic mass is 16.5. The molecule has 0 aliphatic carbocycles. The third-order valence-corrected chi connectivity index (χ3v) is 4.39. The second kappa shape index (κ2) is 5.61. The van der Waals surface area contributed by atoms with E-state index in [1.54, 1.807) is 12.1 Å². The van der Waals surface area contributed by atoms with E-state index in [1.807, 2.05) is 23.6 Å². The van der Waals surface area contributed by atoms with Gasteiger partial charge in [-0.1, -0.05) is 12.1 Å². The van der Waals surface area contributed by atoms with Crippen LogP contribution in [0.3, 0.4) is 0 Å². The lowest BCUT2D eigenvalue weighted by Crippen LogP contribution is -2.26. The summed E-state index contributed by atoms with van der Waals surface area (Å²) in [5.74, 6) is 1.70. The van der Waals surface area contributed by atoms with E-state index in [0.29, 0.717) is 25.0 Å². The molecule has 0 spiro atoms. The summed E-state index contributed by atoms with van der Waals surface area (Å²) < 4.78 is 7.76. The first-order valence-electron chi connectivity index (χ1n) is 8.36. The fourth-order valence-corrected chi connectivity index (χ4v) is 3.11. The van der Waals surface area contributed by atoms with E-state index < -0.39 is 0 Å². The minimum Gasteiger partial charge on any atom is -0.508 e. The predicted octanol–water partition coefficient (Wildman–Crippen LogP) is 2.62. The van der Waals surface area contributed by atoms with Crippen molar-refractivity contribution in [1.29, 1.82) is 0 Å². The lowest BCUT2D eigenvalue weighted by molar-refractivity contribution is 0.268. The molecule has 1 aliphatic heterocycles. The highest BCUT2D eigenvalue weighted by Gasteiger charge is 2.35. The van der Waals surface area contributed by atoms with Crippen LogP contribution in [0.2, 0.25) is 0 Å². The molecule has 0 unspecified atom stereocenters. The van der Waals surface area contributed by atoms with Gasteiger partial charge >= 0.3 is 0 Å². The Morgan fingerprint density at radius 3 is 2.72 bits per heavy atom. The third-order valence-electron chi connectivity index (χ3n) is 4.39. The summed E-state index contributed by atoms with van der Waals surface area (Å²) in [6, 6.07) is 7.82. The molecular formula is C18H21N5O2. The Morgan fingerprint density at radius 1 is 1.20 bits per heavy atom. The highest BCUT2D eigenvalue weighted by Crippen LogP contribution is 2.36. The molecule has 0 bridgehead atoms. The van der Waals surface area contributed by atoms with Crippen LogP contribution in [-0.4, -0.2) is 37.8 Å². The first-order chi connectivity index (χ1) is 11.9. The van der Waals surface area contributed by atoms with Gasteiger partial charge in [0.25, 0.3) is 6.01 Å². The molecule has 1 aromatic carbocycles. The summed E-state index contributed by atoms with van der Waals surface area (Å²) in [6.45, 7) is 7.41. The number of fused-ring (bicyclic) bond motifs is 3. The van der Waals surface area contributed by atoms with Crippen LogP contribution in [0, 0.1) is 6.92 Å². The zero-order valence-electron chi connectivity index (χ0n) is 14.6. The molecular weight excluding hydrogens is 318 g/mol. The van der Waals surface area contributed by atoms with E-state index in [4.69, 9.17) is 4.74 Å². The van der Waals surface area contributed by atoms with Crippen LogP contribution in [0.15, 0.2) is 24.3 Å². The number of imidazole rings is 1. The average molecular weight is 339 g/mol. The van der Waals surface area contributed by atoms with Crippen LogP contribution in [-0.2, 0) is 12.0 Å². The molecule has 7 heteroatoms. The van der Waals surface area contributed by atoms with Gasteiger partial charge in [0, 0.05) is 6.54 Å². The van der Waals surface area contributed by atoms with Gasteiger partial charge in [0.2, 0.25) is 0 Å². The van der Waals surface area contributed by atoms with Crippen molar-refractivity contribution >= 4 is 17.0 Å². The molecule has 2 aromatic heterocycles. The number of aryl methyl sites for hydroxylation is 1. The van der Waals surface area contributed by atoms with Crippen molar-refractivity contribution in [3.05, 3.63) is 35.7 Å². The van der Waals surface area contributed by atoms with Gasteiger partial charge in [0.15, 0.2) is 17.0 Å². The summed E-state index contributed by atoms with van der Waals surface area (Å²) in [7, 11) is 0. The molecule has 0 amide bonds. The molecule has 0 atom stereocenters. The van der Waals surface area contributed by atoms with Crippen LogP contribution in [0.25, 0.3) is 11.2 Å². The summed E-state index contributed by atoms with van der Waals surface area (Å²) in [4.78, 5) is 13.7. The van der Waals surface area contributed by atoms with E-state index in [2.05, 4.69) is 34.1 Å². The standard InChI is InChI=1S/C18H21N5O2/c1-11-20-15(19-9-8-12-4-6-13(24)7-5-12)14-16(21-11)23-17(22-14)25-10-18(23,2)3/h4-7,24H,8-10H2,1-3H3,(H,19,20,21). The van der Waals surface area contributed by atoms with E-state index in [1.165, 1.54) is 0 Å². The molecule has 0 fully saturated rings. The van der Waals surface area contributed by atoms with Crippen LogP contribution >= 0.6 is 0 Å². The fraction of sp³-hybridized carbons (Fsp3) is 0.389. The Labute approximate surface area is 145 Å². The van der Waals surface area contributed by atoms with Gasteiger partial charge in [0.1, 0.15) is 18.2 Å². The Morgan fingerprint density at radius 2 is 1.96 bits per heavy atom. The maximum atomic E-state index is 9.35. The first-order valence-corrected chi connectivity index (χ1v) is 8.36. The molecule has 2 N–H and O–H groups in total. The van der Waals surface area contributed by atoms with Gasteiger partial charge in [-0.25, -0.2) is 9.97 Å². The molecule has 3 aromatic rings. The number of aromatic nitrogens is 4. The van der Waals surface area contributed by atoms with Gasteiger partial charge < -0.3 is 15.2 Å². The Bertz CT molecular complexity index is 931. The quantitative estimate of drug-likeness (QED) is 0.760. The SMILES string of the molecule is Cc1nc(NCCc2ccc(O)cc2)c2nc3n(c2n1)C(C)(C)CO3. The van der Waals surface area contributed by atoms with Crippen molar-refractivity contribution in [3.8, 4) is 11.8 Å². The molecule has 25 heavy (non-hydrogen) atoms. The number of aromatic hydroxyl groups is 1. The number of ether oxygens (including phenoxy) is 1. The normalized spacial score (nSPS) is 15.2. The number of nitrogens with zero attached hydrogens (tertiary/aromatic N) is 4. The van der Waals surface area contributed by atoms with Gasteiger partial charge in [0.05, 0.1) is 5.54 Å². The van der Waals surface area contributed by atoms with Crippen molar-refractivity contribution in [2.24, 2.45) is 0 Å². The second-order valence-corrected chi connectivity index (χ2v) is 6.97. The molecule has 1 aliphatic rings. The number of phenols is 1. The molecule has 3 heterocycles. The van der Waals surface area contributed by atoms with Crippen molar-refractivity contribution in [2.75, 3.05) is 18.5 Å². The smallest absolute Gasteiger partial charge is 0.299 e. The molecule has 0 saturated heterocycles. The van der Waals surface area contributed by atoms with Crippen molar-refractivity contribution in [2.45, 2.75) is 32.7 Å². The zero-order valence-corrected chi connectivity index (χ0v) is 14.6. The minimum atomic E-state index is -0.172. The van der Waals surface area contributed by atoms with E-state index in [0.717, 1.165) is 29.0 Å². The van der Waals surface area contributed by atoms with E-state index in [9.17, 15) is 5.11 Å². The summed E-state index contributed by atoms with van der Waals surface area (Å²) in [5, 5.41) is 12.7. The maximum absolute atomic E-state index is 9.35. The molecule has 4 rings (SSSR count). The van der Waals surface area contributed by atoms with Crippen LogP contribution in [0.5, 0.6) is 11.8 Å². The van der Waals surface area contributed by atoms with Crippen molar-refractivity contribution in [3.63, 3.8) is 0 Å². The Kier molecular flexibility index (Phi) is 3.52. The fourth-order valence-electron chi connectivity index (χ4n) is 3.11. The van der Waals surface area contributed by atoms with Gasteiger partial charge in [-0.3, -0.25) is 4.57 Å². The van der Waals surface area contributed by atoms with E-state index in [-0.39, 0.29) is 11.3 Å². The van der Waals surface area contributed by atoms with Crippen LogP contribution < -0.4 is 10.1 Å². The number of anilines is 1. The number of phenolic OH excluding ortho intramolecular Hbond substituents is 1. The largest absolute Gasteiger partial charge is 0.508 e. The van der Waals surface area contributed by atoms with Gasteiger partial charge in [-0.15, -0.1) is 0 Å². The number of rotatable bonds is 4. The Hall–Kier alpha value is -2.83. The van der Waals surface area contributed by atoms with Gasteiger partial charge in [-0.2, -0.15) is 4.98 Å². The minimum absolute atomic E-state index is 0.172. The van der Waals surface area contributed by atoms with E-state index >= 15 is 0 Å². The summed E-state index contributed by atoms with van der Waals surface area (Å²) >= 11 is 0. The highest BCUT2D eigenvalue weighted by molar-refractivity contribution is 5.84. The molecule has 7 nitrogen and oxygen atoms in total. The first kappa shape index (κ1) is 15.7. The second-order valence-electron chi connectivity index (χ2n) is 6.97. The predicted molar refractivity (Wildman–Crippen MR) is 95.2 cm³/mol. The van der Waals surface area contributed by atoms with Crippen LogP contribution in [0.4, 0.5) is 5.82 Å². The molecule has 130 valence electrons. The Balaban J connectivity index is 1.61. The number of nitrogens with one attached hydrogen (secondary N) is 1. The monoisotopic (exact) mass is 339 g/mol. The number of hydrogen-bond donors (Lipinski definition) is 2. The lowest BCUT2D eigenvalue weighted by atomic mass is 10.1. The number of hydrogen-bond acceptors (Lipinski definition) is 6.